The van der Waals surface area contributed by atoms with Crippen molar-refractivity contribution in [1.82, 2.24) is 4.57 Å². The molecule has 51 heavy (non-hydrogen) atoms. The lowest BCUT2D eigenvalue weighted by Gasteiger charge is -2.28. The molecule has 2 heterocycles. The highest BCUT2D eigenvalue weighted by atomic mass is 32.1. The Labute approximate surface area is 301 Å². The van der Waals surface area contributed by atoms with Crippen molar-refractivity contribution in [2.45, 2.75) is 13.3 Å². The third kappa shape index (κ3) is 4.62. The molecule has 0 aliphatic heterocycles. The second-order valence-electron chi connectivity index (χ2n) is 13.4. The summed E-state index contributed by atoms with van der Waals surface area (Å²) in [6, 6.07) is 53.7. The topological polar surface area (TPSA) is 8.17 Å². The number of hydrogen-bond acceptors (Lipinski definition) is 2. The van der Waals surface area contributed by atoms with Crippen molar-refractivity contribution in [2.24, 2.45) is 0 Å². The second kappa shape index (κ2) is 11.7. The Morgan fingerprint density at radius 1 is 0.627 bits per heavy atom. The van der Waals surface area contributed by atoms with Gasteiger partial charge in [0.1, 0.15) is 0 Å². The number of fused-ring (bicyclic) bond motifs is 9. The molecule has 0 N–H and O–H groups in total. The SMILES string of the molecule is C=C/C=C\C1=C(C)Cc2cc(N(c3ccc4c(c3)sc3ccccc34)c3cccc4c3ccc3c4c4ccccc4n3-c3ccccc3)ccc21. The number of aromatic nitrogens is 1. The lowest BCUT2D eigenvalue weighted by atomic mass is 10.00. The van der Waals surface area contributed by atoms with Crippen molar-refractivity contribution in [1.29, 1.82) is 0 Å². The summed E-state index contributed by atoms with van der Waals surface area (Å²) in [5.41, 5.74) is 12.4. The summed E-state index contributed by atoms with van der Waals surface area (Å²) < 4.78 is 5.01. The van der Waals surface area contributed by atoms with E-state index in [2.05, 4.69) is 175 Å². The van der Waals surface area contributed by atoms with Gasteiger partial charge in [-0.25, -0.2) is 0 Å². The molecular weight excluding hydrogens is 637 g/mol. The molecule has 9 aromatic rings. The Morgan fingerprint density at radius 3 is 2.24 bits per heavy atom. The summed E-state index contributed by atoms with van der Waals surface area (Å²) in [4.78, 5) is 2.47. The molecule has 3 heteroatoms. The van der Waals surface area contributed by atoms with E-state index < -0.39 is 0 Å². The van der Waals surface area contributed by atoms with Crippen LogP contribution in [0.5, 0.6) is 0 Å². The van der Waals surface area contributed by atoms with Gasteiger partial charge in [-0.3, -0.25) is 0 Å². The molecule has 0 atom stereocenters. The first-order valence-electron chi connectivity index (χ1n) is 17.5. The maximum absolute atomic E-state index is 3.90. The van der Waals surface area contributed by atoms with E-state index in [1.165, 1.54) is 86.4 Å². The van der Waals surface area contributed by atoms with E-state index in [9.17, 15) is 0 Å². The fraction of sp³-hybridized carbons (Fsp3) is 0.0417. The molecule has 1 aliphatic rings. The van der Waals surface area contributed by atoms with Crippen LogP contribution in [-0.4, -0.2) is 4.57 Å². The minimum atomic E-state index is 0.943. The molecular formula is C48H34N2S. The van der Waals surface area contributed by atoms with Crippen molar-refractivity contribution in [3.63, 3.8) is 0 Å². The average molecular weight is 671 g/mol. The summed E-state index contributed by atoms with van der Waals surface area (Å²) in [6.45, 7) is 6.15. The van der Waals surface area contributed by atoms with Gasteiger partial charge in [-0.15, -0.1) is 11.3 Å². The van der Waals surface area contributed by atoms with Crippen LogP contribution in [0, 0.1) is 0 Å². The predicted octanol–water partition coefficient (Wildman–Crippen LogP) is 13.8. The summed E-state index contributed by atoms with van der Waals surface area (Å²) in [7, 11) is 0. The molecule has 242 valence electrons. The summed E-state index contributed by atoms with van der Waals surface area (Å²) in [5, 5.41) is 7.64. The Bertz CT molecular complexity index is 2920. The lowest BCUT2D eigenvalue weighted by Crippen LogP contribution is -2.11. The molecule has 0 saturated carbocycles. The van der Waals surface area contributed by atoms with Gasteiger partial charge >= 0.3 is 0 Å². The zero-order valence-corrected chi connectivity index (χ0v) is 29.1. The highest BCUT2D eigenvalue weighted by Gasteiger charge is 2.23. The fourth-order valence-corrected chi connectivity index (χ4v) is 9.41. The van der Waals surface area contributed by atoms with Gasteiger partial charge < -0.3 is 9.47 Å². The van der Waals surface area contributed by atoms with Crippen LogP contribution in [0.1, 0.15) is 18.1 Å². The van der Waals surface area contributed by atoms with Crippen LogP contribution in [0.2, 0.25) is 0 Å². The standard InChI is InChI=1S/C48H34N2S/c1-3-4-15-36-31(2)28-32-29-34(22-24-37(32)36)49(35-23-25-40-39-16-9-11-21-46(39)51-47(40)30-35)43-20-12-18-41-38(43)26-27-45-48(41)42-17-8-10-19-44(42)50(45)33-13-6-5-7-14-33/h3-27,29-30H,1,28H2,2H3/b15-4-. The smallest absolute Gasteiger partial charge is 0.0547 e. The Kier molecular flexibility index (Phi) is 6.83. The number of allylic oxidation sites excluding steroid dienone is 5. The molecule has 2 nitrogen and oxygen atoms in total. The summed E-state index contributed by atoms with van der Waals surface area (Å²) in [5.74, 6) is 0. The molecule has 0 spiro atoms. The largest absolute Gasteiger partial charge is 0.310 e. The van der Waals surface area contributed by atoms with Crippen LogP contribution in [0.15, 0.2) is 176 Å². The Morgan fingerprint density at radius 2 is 1.35 bits per heavy atom. The van der Waals surface area contributed by atoms with Crippen LogP contribution < -0.4 is 4.90 Å². The van der Waals surface area contributed by atoms with Crippen molar-refractivity contribution in [3.8, 4) is 5.69 Å². The Balaban J connectivity index is 1.23. The monoisotopic (exact) mass is 670 g/mol. The minimum Gasteiger partial charge on any atom is -0.310 e. The predicted molar refractivity (Wildman–Crippen MR) is 221 cm³/mol. The van der Waals surface area contributed by atoms with Crippen LogP contribution in [0.25, 0.3) is 64.0 Å². The van der Waals surface area contributed by atoms with E-state index >= 15 is 0 Å². The molecule has 0 saturated heterocycles. The normalized spacial score (nSPS) is 13.0. The van der Waals surface area contributed by atoms with Gasteiger partial charge in [0, 0.05) is 53.4 Å². The summed E-state index contributed by atoms with van der Waals surface area (Å²) in [6.07, 6.45) is 7.04. The van der Waals surface area contributed by atoms with Gasteiger partial charge in [-0.1, -0.05) is 115 Å². The first-order valence-corrected chi connectivity index (χ1v) is 18.3. The van der Waals surface area contributed by atoms with Gasteiger partial charge in [-0.05, 0) is 96.1 Å². The number of anilines is 3. The number of para-hydroxylation sites is 2. The summed E-state index contributed by atoms with van der Waals surface area (Å²) >= 11 is 1.87. The minimum absolute atomic E-state index is 0.943. The molecule has 0 radical (unpaired) electrons. The highest BCUT2D eigenvalue weighted by Crippen LogP contribution is 2.46. The molecule has 0 amide bonds. The second-order valence-corrected chi connectivity index (χ2v) is 14.5. The quantitative estimate of drug-likeness (QED) is 0.160. The van der Waals surface area contributed by atoms with Gasteiger partial charge in [0.2, 0.25) is 0 Å². The molecule has 7 aromatic carbocycles. The van der Waals surface area contributed by atoms with Crippen LogP contribution in [-0.2, 0) is 6.42 Å². The van der Waals surface area contributed by atoms with Gasteiger partial charge in [0.05, 0.1) is 16.7 Å². The van der Waals surface area contributed by atoms with Crippen molar-refractivity contribution < 1.29 is 0 Å². The molecule has 0 fully saturated rings. The van der Waals surface area contributed by atoms with E-state index in [-0.39, 0.29) is 0 Å². The molecule has 0 unspecified atom stereocenters. The number of rotatable bonds is 6. The third-order valence-corrected chi connectivity index (χ3v) is 11.6. The van der Waals surface area contributed by atoms with Crippen molar-refractivity contribution >= 4 is 86.7 Å². The molecule has 1 aliphatic carbocycles. The lowest BCUT2D eigenvalue weighted by molar-refractivity contribution is 1.18. The first-order chi connectivity index (χ1) is 25.2. The zero-order valence-electron chi connectivity index (χ0n) is 28.3. The number of nitrogens with zero attached hydrogens (tertiary/aromatic N) is 2. The Hall–Kier alpha value is -6.16. The first kappa shape index (κ1) is 29.7. The maximum atomic E-state index is 3.90. The van der Waals surface area contributed by atoms with E-state index in [0.717, 1.165) is 17.8 Å². The van der Waals surface area contributed by atoms with E-state index in [4.69, 9.17) is 0 Å². The van der Waals surface area contributed by atoms with E-state index in [1.54, 1.807) is 0 Å². The van der Waals surface area contributed by atoms with Crippen LogP contribution in [0.3, 0.4) is 0 Å². The van der Waals surface area contributed by atoms with Gasteiger partial charge in [-0.2, -0.15) is 0 Å². The third-order valence-electron chi connectivity index (χ3n) is 10.5. The fourth-order valence-electron chi connectivity index (χ4n) is 8.28. The number of thiophene rings is 1. The molecule has 10 rings (SSSR count). The van der Waals surface area contributed by atoms with Crippen LogP contribution in [0.4, 0.5) is 17.1 Å². The van der Waals surface area contributed by atoms with Crippen molar-refractivity contribution in [3.05, 3.63) is 187 Å². The molecule has 0 bridgehead atoms. The maximum Gasteiger partial charge on any atom is 0.0547 e. The highest BCUT2D eigenvalue weighted by molar-refractivity contribution is 7.25. The number of benzene rings is 7. The molecule has 2 aromatic heterocycles. The van der Waals surface area contributed by atoms with E-state index in [0.29, 0.717) is 0 Å². The average Bonchev–Trinajstić information content (AvgIpc) is 3.82. The van der Waals surface area contributed by atoms with Gasteiger partial charge in [0.25, 0.3) is 0 Å². The van der Waals surface area contributed by atoms with Crippen molar-refractivity contribution in [2.75, 3.05) is 4.90 Å². The van der Waals surface area contributed by atoms with Crippen LogP contribution >= 0.6 is 11.3 Å². The zero-order chi connectivity index (χ0) is 34.1. The van der Waals surface area contributed by atoms with E-state index in [1.807, 2.05) is 23.5 Å². The number of hydrogen-bond donors (Lipinski definition) is 0. The van der Waals surface area contributed by atoms with Gasteiger partial charge in [0.15, 0.2) is 0 Å².